The first kappa shape index (κ1) is 20.9. The number of hydrogen-bond donors (Lipinski definition) is 3. The number of para-hydroxylation sites is 1. The highest BCUT2D eigenvalue weighted by Crippen LogP contribution is 2.19. The fourth-order valence-corrected chi connectivity index (χ4v) is 3.06. The molecule has 1 aromatic carbocycles. The molecule has 0 aromatic heterocycles. The minimum absolute atomic E-state index is 0.0138. The molecule has 1 aromatic rings. The predicted octanol–water partition coefficient (Wildman–Crippen LogP) is 2.35. The van der Waals surface area contributed by atoms with E-state index < -0.39 is 11.6 Å². The number of hydrogen-bond acceptors (Lipinski definition) is 4. The van der Waals surface area contributed by atoms with Gasteiger partial charge in [-0.05, 0) is 52.3 Å². The first-order valence-electron chi connectivity index (χ1n) is 9.43. The van der Waals surface area contributed by atoms with Gasteiger partial charge in [-0.3, -0.25) is 14.9 Å². The van der Waals surface area contributed by atoms with E-state index in [1.54, 1.807) is 0 Å². The average molecular weight is 374 g/mol. The van der Waals surface area contributed by atoms with E-state index in [-0.39, 0.29) is 24.2 Å². The summed E-state index contributed by atoms with van der Waals surface area (Å²) < 4.78 is 0. The molecule has 3 N–H and O–H groups in total. The summed E-state index contributed by atoms with van der Waals surface area (Å²) in [5.74, 6) is -0.390. The Morgan fingerprint density at radius 1 is 1.15 bits per heavy atom. The molecule has 1 unspecified atom stereocenters. The number of piperidine rings is 1. The number of imide groups is 1. The lowest BCUT2D eigenvalue weighted by molar-refractivity contribution is -0.121. The third-order valence-corrected chi connectivity index (χ3v) is 4.31. The topological polar surface area (TPSA) is 90.5 Å². The molecular formula is C20H30N4O3. The number of amides is 4. The van der Waals surface area contributed by atoms with E-state index in [1.807, 2.05) is 51.1 Å². The molecule has 0 radical (unpaired) electrons. The molecule has 4 amide bonds. The van der Waals surface area contributed by atoms with Crippen molar-refractivity contribution < 1.29 is 14.4 Å². The van der Waals surface area contributed by atoms with Gasteiger partial charge in [-0.2, -0.15) is 0 Å². The van der Waals surface area contributed by atoms with Crippen molar-refractivity contribution in [2.24, 2.45) is 5.92 Å². The Kier molecular flexibility index (Phi) is 7.36. The Balaban J connectivity index is 1.75. The summed E-state index contributed by atoms with van der Waals surface area (Å²) in [4.78, 5) is 38.3. The Morgan fingerprint density at radius 3 is 2.52 bits per heavy atom. The second-order valence-corrected chi connectivity index (χ2v) is 8.00. The summed E-state index contributed by atoms with van der Waals surface area (Å²) in [6.45, 7) is 7.57. The zero-order chi connectivity index (χ0) is 19.9. The van der Waals surface area contributed by atoms with Crippen molar-refractivity contribution >= 4 is 23.5 Å². The van der Waals surface area contributed by atoms with Crippen LogP contribution in [0.15, 0.2) is 30.3 Å². The molecule has 1 aliphatic heterocycles. The largest absolute Gasteiger partial charge is 0.333 e. The van der Waals surface area contributed by atoms with Crippen LogP contribution in [0.5, 0.6) is 0 Å². The number of benzene rings is 1. The smallest absolute Gasteiger partial charge is 0.321 e. The first-order chi connectivity index (χ1) is 12.7. The molecule has 1 atom stereocenters. The van der Waals surface area contributed by atoms with Gasteiger partial charge in [0.2, 0.25) is 11.8 Å². The maximum atomic E-state index is 12.5. The van der Waals surface area contributed by atoms with Crippen molar-refractivity contribution in [3.8, 4) is 0 Å². The standard InChI is InChI=1S/C20H30N4O3/c1-20(2,3)23-19(27)22-17(25)11-13-24-12-7-8-15(14-24)18(26)21-16-9-5-4-6-10-16/h4-6,9-10,15H,7-8,11-14H2,1-3H3,(H,21,26)(H2,22,23,25,27). The Bertz CT molecular complexity index is 655. The lowest BCUT2D eigenvalue weighted by Gasteiger charge is -2.31. The van der Waals surface area contributed by atoms with Crippen molar-refractivity contribution in [1.82, 2.24) is 15.5 Å². The Labute approximate surface area is 160 Å². The van der Waals surface area contributed by atoms with Gasteiger partial charge in [-0.1, -0.05) is 18.2 Å². The predicted molar refractivity (Wildman–Crippen MR) is 105 cm³/mol. The van der Waals surface area contributed by atoms with Crippen LogP contribution in [-0.4, -0.2) is 47.9 Å². The third-order valence-electron chi connectivity index (χ3n) is 4.31. The molecular weight excluding hydrogens is 344 g/mol. The molecule has 0 saturated carbocycles. The highest BCUT2D eigenvalue weighted by atomic mass is 16.2. The zero-order valence-corrected chi connectivity index (χ0v) is 16.4. The van der Waals surface area contributed by atoms with E-state index >= 15 is 0 Å². The minimum Gasteiger partial charge on any atom is -0.333 e. The Morgan fingerprint density at radius 2 is 1.85 bits per heavy atom. The number of carbonyl (C=O) groups is 3. The number of rotatable bonds is 5. The van der Waals surface area contributed by atoms with E-state index in [0.29, 0.717) is 13.1 Å². The van der Waals surface area contributed by atoms with Crippen LogP contribution in [0.2, 0.25) is 0 Å². The van der Waals surface area contributed by atoms with E-state index in [2.05, 4.69) is 20.9 Å². The van der Waals surface area contributed by atoms with Gasteiger partial charge in [0, 0.05) is 30.7 Å². The van der Waals surface area contributed by atoms with Crippen molar-refractivity contribution in [3.63, 3.8) is 0 Å². The number of likely N-dealkylation sites (tertiary alicyclic amines) is 1. The summed E-state index contributed by atoms with van der Waals surface area (Å²) in [5.41, 5.74) is 0.403. The quantitative estimate of drug-likeness (QED) is 0.738. The molecule has 0 aliphatic carbocycles. The summed E-state index contributed by atoms with van der Waals surface area (Å²) in [6.07, 6.45) is 1.99. The summed E-state index contributed by atoms with van der Waals surface area (Å²) in [5, 5.41) is 7.99. The van der Waals surface area contributed by atoms with Crippen LogP contribution in [0.1, 0.15) is 40.0 Å². The van der Waals surface area contributed by atoms with Gasteiger partial charge >= 0.3 is 6.03 Å². The summed E-state index contributed by atoms with van der Waals surface area (Å²) in [6, 6.07) is 8.93. The molecule has 1 saturated heterocycles. The third kappa shape index (κ3) is 7.78. The van der Waals surface area contributed by atoms with Crippen molar-refractivity contribution in [1.29, 1.82) is 0 Å². The minimum atomic E-state index is -0.480. The van der Waals surface area contributed by atoms with Gasteiger partial charge in [0.05, 0.1) is 5.92 Å². The number of nitrogens with zero attached hydrogens (tertiary/aromatic N) is 1. The fraction of sp³-hybridized carbons (Fsp3) is 0.550. The van der Waals surface area contributed by atoms with Gasteiger partial charge in [-0.25, -0.2) is 4.79 Å². The van der Waals surface area contributed by atoms with Crippen molar-refractivity contribution in [3.05, 3.63) is 30.3 Å². The van der Waals surface area contributed by atoms with E-state index in [0.717, 1.165) is 25.1 Å². The van der Waals surface area contributed by atoms with Crippen LogP contribution in [0.4, 0.5) is 10.5 Å². The van der Waals surface area contributed by atoms with Crippen LogP contribution in [0.3, 0.4) is 0 Å². The highest BCUT2D eigenvalue weighted by Gasteiger charge is 2.26. The Hall–Kier alpha value is -2.41. The molecule has 0 bridgehead atoms. The SMILES string of the molecule is CC(C)(C)NC(=O)NC(=O)CCN1CCCC(C(=O)Nc2ccccc2)C1. The molecule has 2 rings (SSSR count). The number of urea groups is 1. The van der Waals surface area contributed by atoms with E-state index in [9.17, 15) is 14.4 Å². The van der Waals surface area contributed by atoms with Crippen LogP contribution in [0.25, 0.3) is 0 Å². The number of carbonyl (C=O) groups excluding carboxylic acids is 3. The zero-order valence-electron chi connectivity index (χ0n) is 16.4. The van der Waals surface area contributed by atoms with Crippen LogP contribution < -0.4 is 16.0 Å². The molecule has 148 valence electrons. The molecule has 7 nitrogen and oxygen atoms in total. The normalized spacial score (nSPS) is 17.8. The van der Waals surface area contributed by atoms with Crippen LogP contribution in [-0.2, 0) is 9.59 Å². The van der Waals surface area contributed by atoms with Crippen LogP contribution >= 0.6 is 0 Å². The second-order valence-electron chi connectivity index (χ2n) is 8.00. The molecule has 27 heavy (non-hydrogen) atoms. The molecule has 0 spiro atoms. The molecule has 7 heteroatoms. The van der Waals surface area contributed by atoms with Gasteiger partial charge in [0.1, 0.15) is 0 Å². The lowest BCUT2D eigenvalue weighted by Crippen LogP contribution is -2.49. The first-order valence-corrected chi connectivity index (χ1v) is 9.43. The number of nitrogens with one attached hydrogen (secondary N) is 3. The average Bonchev–Trinajstić information content (AvgIpc) is 2.59. The molecule has 1 fully saturated rings. The monoisotopic (exact) mass is 374 g/mol. The van der Waals surface area contributed by atoms with Crippen LogP contribution in [0, 0.1) is 5.92 Å². The molecule has 1 aliphatic rings. The van der Waals surface area contributed by atoms with Crippen molar-refractivity contribution in [2.45, 2.75) is 45.6 Å². The van der Waals surface area contributed by atoms with Crippen molar-refractivity contribution in [2.75, 3.05) is 25.0 Å². The summed E-state index contributed by atoms with van der Waals surface area (Å²) >= 11 is 0. The van der Waals surface area contributed by atoms with Gasteiger partial charge in [0.15, 0.2) is 0 Å². The fourth-order valence-electron chi connectivity index (χ4n) is 3.06. The molecule has 1 heterocycles. The van der Waals surface area contributed by atoms with E-state index in [4.69, 9.17) is 0 Å². The maximum absolute atomic E-state index is 12.5. The lowest BCUT2D eigenvalue weighted by atomic mass is 9.97. The van der Waals surface area contributed by atoms with Gasteiger partial charge in [0.25, 0.3) is 0 Å². The van der Waals surface area contributed by atoms with E-state index in [1.165, 1.54) is 0 Å². The maximum Gasteiger partial charge on any atom is 0.321 e. The summed E-state index contributed by atoms with van der Waals surface area (Å²) in [7, 11) is 0. The highest BCUT2D eigenvalue weighted by molar-refractivity contribution is 5.94. The second kappa shape index (κ2) is 9.50. The van der Waals surface area contributed by atoms with Gasteiger partial charge in [-0.15, -0.1) is 0 Å². The number of anilines is 1. The van der Waals surface area contributed by atoms with Gasteiger partial charge < -0.3 is 15.5 Å².